The van der Waals surface area contributed by atoms with E-state index >= 15 is 0 Å². The summed E-state index contributed by atoms with van der Waals surface area (Å²) in [5, 5.41) is 6.52. The van der Waals surface area contributed by atoms with Gasteiger partial charge >= 0.3 is 0 Å². The molecule has 0 atom stereocenters. The van der Waals surface area contributed by atoms with Crippen molar-refractivity contribution in [1.29, 1.82) is 0 Å². The maximum atomic E-state index is 13.6. The van der Waals surface area contributed by atoms with Gasteiger partial charge in [-0.2, -0.15) is 4.98 Å². The highest BCUT2D eigenvalue weighted by molar-refractivity contribution is 9.10. The molecule has 2 aliphatic rings. The van der Waals surface area contributed by atoms with Gasteiger partial charge in [-0.05, 0) is 59.8 Å². The second-order valence-electron chi connectivity index (χ2n) is 5.95. The summed E-state index contributed by atoms with van der Waals surface area (Å²) in [7, 11) is 0. The quantitative estimate of drug-likeness (QED) is 0.817. The van der Waals surface area contributed by atoms with Crippen molar-refractivity contribution >= 4 is 33.4 Å². The van der Waals surface area contributed by atoms with Gasteiger partial charge < -0.3 is 10.6 Å². The molecule has 0 radical (unpaired) electrons. The van der Waals surface area contributed by atoms with Crippen LogP contribution in [0, 0.1) is 5.82 Å². The standard InChI is InChI=1S/C16H16BrFN4/c17-12-6-5-11(7-13(12)18)19-15-8-14(9-1-2-9)21-16(22-15)20-10-3-4-10/h5-10H,1-4H2,(H2,19,20,21,22). The van der Waals surface area contributed by atoms with Gasteiger partial charge in [-0.15, -0.1) is 0 Å². The predicted octanol–water partition coefficient (Wildman–Crippen LogP) is 4.57. The zero-order chi connectivity index (χ0) is 15.1. The monoisotopic (exact) mass is 362 g/mol. The maximum Gasteiger partial charge on any atom is 0.225 e. The minimum absolute atomic E-state index is 0.294. The molecule has 1 heterocycles. The first-order valence-corrected chi connectivity index (χ1v) is 8.34. The number of anilines is 3. The van der Waals surface area contributed by atoms with Crippen LogP contribution >= 0.6 is 15.9 Å². The molecule has 0 bridgehead atoms. The minimum Gasteiger partial charge on any atom is -0.351 e. The van der Waals surface area contributed by atoms with E-state index in [2.05, 4.69) is 36.5 Å². The fraction of sp³-hybridized carbons (Fsp3) is 0.375. The van der Waals surface area contributed by atoms with Crippen molar-refractivity contribution in [3.05, 3.63) is 40.2 Å². The van der Waals surface area contributed by atoms with Crippen LogP contribution in [0.3, 0.4) is 0 Å². The molecule has 0 unspecified atom stereocenters. The molecule has 2 N–H and O–H groups in total. The zero-order valence-electron chi connectivity index (χ0n) is 11.9. The van der Waals surface area contributed by atoms with Gasteiger partial charge in [0.2, 0.25) is 5.95 Å². The summed E-state index contributed by atoms with van der Waals surface area (Å²) < 4.78 is 14.1. The summed E-state index contributed by atoms with van der Waals surface area (Å²) in [4.78, 5) is 9.11. The molecule has 2 fully saturated rings. The van der Waals surface area contributed by atoms with Crippen molar-refractivity contribution < 1.29 is 4.39 Å². The number of halogens is 2. The highest BCUT2D eigenvalue weighted by Crippen LogP contribution is 2.40. The molecule has 0 spiro atoms. The lowest BCUT2D eigenvalue weighted by Crippen LogP contribution is -2.08. The Balaban J connectivity index is 1.61. The van der Waals surface area contributed by atoms with Crippen molar-refractivity contribution in [2.24, 2.45) is 0 Å². The molecule has 2 saturated carbocycles. The van der Waals surface area contributed by atoms with E-state index in [9.17, 15) is 4.39 Å². The first-order valence-electron chi connectivity index (χ1n) is 7.55. The largest absolute Gasteiger partial charge is 0.351 e. The van der Waals surface area contributed by atoms with Gasteiger partial charge in [0.15, 0.2) is 0 Å². The lowest BCUT2D eigenvalue weighted by Gasteiger charge is -2.11. The topological polar surface area (TPSA) is 49.8 Å². The van der Waals surface area contributed by atoms with E-state index in [1.165, 1.54) is 31.7 Å². The fourth-order valence-electron chi connectivity index (χ4n) is 2.31. The van der Waals surface area contributed by atoms with Crippen LogP contribution in [0.5, 0.6) is 0 Å². The summed E-state index contributed by atoms with van der Waals surface area (Å²) >= 11 is 3.16. The van der Waals surface area contributed by atoms with Crippen molar-refractivity contribution in [1.82, 2.24) is 9.97 Å². The van der Waals surface area contributed by atoms with Crippen LogP contribution in [0.2, 0.25) is 0 Å². The molecule has 4 rings (SSSR count). The molecule has 0 saturated heterocycles. The maximum absolute atomic E-state index is 13.6. The summed E-state index contributed by atoms with van der Waals surface area (Å²) in [6.07, 6.45) is 4.73. The van der Waals surface area contributed by atoms with Crippen molar-refractivity contribution in [2.45, 2.75) is 37.6 Å². The average molecular weight is 363 g/mol. The highest BCUT2D eigenvalue weighted by atomic mass is 79.9. The molecule has 2 aromatic rings. The fourth-order valence-corrected chi connectivity index (χ4v) is 2.56. The van der Waals surface area contributed by atoms with Crippen LogP contribution in [0.1, 0.15) is 37.3 Å². The SMILES string of the molecule is Fc1cc(Nc2cc(C3CC3)nc(NC3CC3)n2)ccc1Br. The normalized spacial score (nSPS) is 17.4. The number of aromatic nitrogens is 2. The average Bonchev–Trinajstić information content (AvgIpc) is 3.35. The molecule has 1 aromatic carbocycles. The van der Waals surface area contributed by atoms with Crippen molar-refractivity contribution in [3.63, 3.8) is 0 Å². The summed E-state index contributed by atoms with van der Waals surface area (Å²) in [5.74, 6) is 1.64. The number of hydrogen-bond acceptors (Lipinski definition) is 4. The summed E-state index contributed by atoms with van der Waals surface area (Å²) in [5.41, 5.74) is 1.75. The first-order chi connectivity index (χ1) is 10.7. The second kappa shape index (κ2) is 5.50. The van der Waals surface area contributed by atoms with E-state index in [1.807, 2.05) is 12.1 Å². The molecule has 0 aliphatic heterocycles. The Morgan fingerprint density at radius 3 is 2.59 bits per heavy atom. The second-order valence-corrected chi connectivity index (χ2v) is 6.80. The van der Waals surface area contributed by atoms with Gasteiger partial charge in [-0.25, -0.2) is 9.37 Å². The smallest absolute Gasteiger partial charge is 0.225 e. The van der Waals surface area contributed by atoms with E-state index in [-0.39, 0.29) is 5.82 Å². The molecular formula is C16H16BrFN4. The van der Waals surface area contributed by atoms with Gasteiger partial charge in [0.25, 0.3) is 0 Å². The summed E-state index contributed by atoms with van der Waals surface area (Å²) in [6.45, 7) is 0. The molecular weight excluding hydrogens is 347 g/mol. The highest BCUT2D eigenvalue weighted by Gasteiger charge is 2.27. The molecule has 0 amide bonds. The van der Waals surface area contributed by atoms with Gasteiger partial charge in [-0.3, -0.25) is 0 Å². The van der Waals surface area contributed by atoms with E-state index in [0.29, 0.717) is 33.9 Å². The first kappa shape index (κ1) is 13.9. The van der Waals surface area contributed by atoms with Gasteiger partial charge in [0.1, 0.15) is 11.6 Å². The molecule has 1 aromatic heterocycles. The van der Waals surface area contributed by atoms with Crippen LogP contribution in [0.15, 0.2) is 28.7 Å². The van der Waals surface area contributed by atoms with Crippen molar-refractivity contribution in [2.75, 3.05) is 10.6 Å². The molecule has 2 aliphatic carbocycles. The Labute approximate surface area is 136 Å². The summed E-state index contributed by atoms with van der Waals surface area (Å²) in [6, 6.07) is 7.43. The Hall–Kier alpha value is -1.69. The van der Waals surface area contributed by atoms with Crippen LogP contribution in [0.25, 0.3) is 0 Å². The van der Waals surface area contributed by atoms with Crippen molar-refractivity contribution in [3.8, 4) is 0 Å². The zero-order valence-corrected chi connectivity index (χ0v) is 13.5. The van der Waals surface area contributed by atoms with Crippen LogP contribution in [0.4, 0.5) is 21.8 Å². The minimum atomic E-state index is -0.294. The third-order valence-corrected chi connectivity index (χ3v) is 4.49. The number of rotatable bonds is 5. The Bertz CT molecular complexity index is 713. The van der Waals surface area contributed by atoms with E-state index in [4.69, 9.17) is 0 Å². The van der Waals surface area contributed by atoms with E-state index in [0.717, 1.165) is 5.69 Å². The van der Waals surface area contributed by atoms with Gasteiger partial charge in [0, 0.05) is 23.7 Å². The van der Waals surface area contributed by atoms with Crippen LogP contribution in [-0.4, -0.2) is 16.0 Å². The van der Waals surface area contributed by atoms with Gasteiger partial charge in [0.05, 0.1) is 10.2 Å². The van der Waals surface area contributed by atoms with Crippen LogP contribution in [-0.2, 0) is 0 Å². The third kappa shape index (κ3) is 3.21. The molecule has 6 heteroatoms. The lowest BCUT2D eigenvalue weighted by atomic mass is 10.2. The molecule has 22 heavy (non-hydrogen) atoms. The molecule has 114 valence electrons. The van der Waals surface area contributed by atoms with Crippen LogP contribution < -0.4 is 10.6 Å². The number of nitrogens with zero attached hydrogens (tertiary/aromatic N) is 2. The Morgan fingerprint density at radius 2 is 1.91 bits per heavy atom. The number of hydrogen-bond donors (Lipinski definition) is 2. The van der Waals surface area contributed by atoms with E-state index in [1.54, 1.807) is 6.07 Å². The number of nitrogens with one attached hydrogen (secondary N) is 2. The third-order valence-electron chi connectivity index (χ3n) is 3.84. The number of benzene rings is 1. The van der Waals surface area contributed by atoms with E-state index < -0.39 is 0 Å². The van der Waals surface area contributed by atoms with Gasteiger partial charge in [-0.1, -0.05) is 0 Å². The predicted molar refractivity (Wildman–Crippen MR) is 88.0 cm³/mol. The lowest BCUT2D eigenvalue weighted by molar-refractivity contribution is 0.622. The molecule has 4 nitrogen and oxygen atoms in total. The Kier molecular flexibility index (Phi) is 3.48. The Morgan fingerprint density at radius 1 is 1.09 bits per heavy atom.